The molecule has 1 aliphatic rings. The molecule has 0 aliphatic heterocycles. The Hall–Kier alpha value is -1.15. The lowest BCUT2D eigenvalue weighted by molar-refractivity contribution is 0.663. The summed E-state index contributed by atoms with van der Waals surface area (Å²) in [6, 6.07) is 0. The topological polar surface area (TPSA) is 12.0 Å². The van der Waals surface area contributed by atoms with E-state index in [1.165, 1.54) is 11.6 Å². The second-order valence-electron chi connectivity index (χ2n) is 3.26. The van der Waals surface area contributed by atoms with E-state index in [0.717, 1.165) is 12.1 Å². The van der Waals surface area contributed by atoms with Gasteiger partial charge in [0.25, 0.3) is 0 Å². The lowest BCUT2D eigenvalue weighted by atomic mass is 10.1. The Balaban J connectivity index is 2.70. The van der Waals surface area contributed by atoms with Crippen LogP contribution in [0.4, 0.5) is 4.39 Å². The van der Waals surface area contributed by atoms with E-state index in [1.54, 1.807) is 6.08 Å². The van der Waals surface area contributed by atoms with Crippen molar-refractivity contribution in [1.29, 1.82) is 0 Å². The average molecular weight is 193 g/mol. The summed E-state index contributed by atoms with van der Waals surface area (Å²) in [5, 5.41) is 3.05. The highest BCUT2D eigenvalue weighted by atomic mass is 19.1. The minimum absolute atomic E-state index is 0.155. The quantitative estimate of drug-likeness (QED) is 0.726. The zero-order valence-electron chi connectivity index (χ0n) is 8.68. The maximum atomic E-state index is 12.8. The molecule has 0 bridgehead atoms. The summed E-state index contributed by atoms with van der Waals surface area (Å²) in [7, 11) is 1.91. The van der Waals surface area contributed by atoms with Crippen LogP contribution in [-0.4, -0.2) is 13.6 Å². The maximum absolute atomic E-state index is 12.8. The van der Waals surface area contributed by atoms with Gasteiger partial charge in [0, 0.05) is 6.54 Å². The van der Waals surface area contributed by atoms with Gasteiger partial charge in [0.05, 0.1) is 0 Å². The van der Waals surface area contributed by atoms with Crippen molar-refractivity contribution < 1.29 is 4.39 Å². The van der Waals surface area contributed by atoms with E-state index in [-0.39, 0.29) is 5.83 Å². The van der Waals surface area contributed by atoms with Gasteiger partial charge in [-0.3, -0.25) is 0 Å². The summed E-state index contributed by atoms with van der Waals surface area (Å²) in [5.41, 5.74) is 2.28. The van der Waals surface area contributed by atoms with Gasteiger partial charge >= 0.3 is 0 Å². The van der Waals surface area contributed by atoms with Gasteiger partial charge in [0.2, 0.25) is 0 Å². The van der Waals surface area contributed by atoms with Crippen molar-refractivity contribution in [3.63, 3.8) is 0 Å². The third-order valence-electron chi connectivity index (χ3n) is 2.14. The second-order valence-corrected chi connectivity index (χ2v) is 3.26. The number of halogens is 1. The van der Waals surface area contributed by atoms with Crippen LogP contribution in [0.5, 0.6) is 0 Å². The monoisotopic (exact) mass is 193 g/mol. The molecule has 2 heteroatoms. The summed E-state index contributed by atoms with van der Waals surface area (Å²) < 4.78 is 12.8. The molecule has 0 atom stereocenters. The fourth-order valence-corrected chi connectivity index (χ4v) is 1.27. The lowest BCUT2D eigenvalue weighted by Crippen LogP contribution is -2.05. The van der Waals surface area contributed by atoms with E-state index in [4.69, 9.17) is 0 Å². The highest BCUT2D eigenvalue weighted by Gasteiger charge is 1.99. The number of allylic oxidation sites excluding steroid dienone is 7. The molecule has 0 radical (unpaired) electrons. The van der Waals surface area contributed by atoms with Crippen molar-refractivity contribution >= 4 is 0 Å². The molecule has 0 aromatic carbocycles. The van der Waals surface area contributed by atoms with Gasteiger partial charge in [-0.1, -0.05) is 18.2 Å². The number of hydrogen-bond donors (Lipinski definition) is 1. The number of likely N-dealkylation sites (N-methyl/N-ethyl adjacent to an activating group) is 1. The summed E-state index contributed by atoms with van der Waals surface area (Å²) >= 11 is 0. The highest BCUT2D eigenvalue weighted by Crippen LogP contribution is 2.17. The van der Waals surface area contributed by atoms with Crippen molar-refractivity contribution in [1.82, 2.24) is 5.32 Å². The van der Waals surface area contributed by atoms with Crippen LogP contribution in [0.25, 0.3) is 0 Å². The van der Waals surface area contributed by atoms with Crippen molar-refractivity contribution in [2.45, 2.75) is 13.3 Å². The summed E-state index contributed by atoms with van der Waals surface area (Å²) in [6.45, 7) is 2.88. The number of hydrogen-bond acceptors (Lipinski definition) is 1. The van der Waals surface area contributed by atoms with Gasteiger partial charge in [-0.15, -0.1) is 0 Å². The lowest BCUT2D eigenvalue weighted by Gasteiger charge is -2.01. The normalized spacial score (nSPS) is 17.5. The molecule has 1 rings (SSSR count). The van der Waals surface area contributed by atoms with Gasteiger partial charge in [-0.2, -0.15) is 0 Å². The molecule has 76 valence electrons. The highest BCUT2D eigenvalue weighted by molar-refractivity contribution is 5.42. The van der Waals surface area contributed by atoms with Gasteiger partial charge in [0.15, 0.2) is 0 Å². The van der Waals surface area contributed by atoms with Gasteiger partial charge in [-0.25, -0.2) is 4.39 Å². The van der Waals surface area contributed by atoms with Crippen LogP contribution in [0.2, 0.25) is 0 Å². The molecular weight excluding hydrogens is 177 g/mol. The number of rotatable bonds is 3. The molecular formula is C12H16FN. The molecule has 0 fully saturated rings. The predicted molar refractivity (Wildman–Crippen MR) is 58.7 cm³/mol. The van der Waals surface area contributed by atoms with E-state index >= 15 is 0 Å². The van der Waals surface area contributed by atoms with E-state index in [9.17, 15) is 4.39 Å². The first-order valence-corrected chi connectivity index (χ1v) is 4.79. The maximum Gasteiger partial charge on any atom is 0.119 e. The Labute approximate surface area is 84.7 Å². The minimum Gasteiger partial charge on any atom is -0.316 e. The molecule has 0 unspecified atom stereocenters. The van der Waals surface area contributed by atoms with Gasteiger partial charge in [0.1, 0.15) is 5.83 Å². The molecule has 1 N–H and O–H groups in total. The smallest absolute Gasteiger partial charge is 0.119 e. The van der Waals surface area contributed by atoms with Crippen molar-refractivity contribution in [3.8, 4) is 0 Å². The molecule has 1 nitrogen and oxygen atoms in total. The van der Waals surface area contributed by atoms with Gasteiger partial charge < -0.3 is 5.32 Å². The van der Waals surface area contributed by atoms with Crippen molar-refractivity contribution in [3.05, 3.63) is 47.4 Å². The predicted octanol–water partition coefficient (Wildman–Crippen LogP) is 2.89. The zero-order valence-corrected chi connectivity index (χ0v) is 8.68. The third kappa shape index (κ3) is 3.30. The van der Waals surface area contributed by atoms with Gasteiger partial charge in [-0.05, 0) is 43.7 Å². The standard InChI is InChI=1S/C12H16FN/c1-10(8-9-14-2)11-4-3-5-12(13)7-6-11/h4-8,14H,3,9H2,1-2H3/b10-8+. The van der Waals surface area contributed by atoms with E-state index in [0.29, 0.717) is 6.42 Å². The molecule has 0 saturated heterocycles. The SMILES string of the molecule is CNC/C=C(\C)C1=CCC=C(F)C=C1. The molecule has 0 saturated carbocycles. The van der Waals surface area contributed by atoms with Crippen molar-refractivity contribution in [2.24, 2.45) is 0 Å². The Morgan fingerprint density at radius 2 is 2.29 bits per heavy atom. The third-order valence-corrected chi connectivity index (χ3v) is 2.14. The molecule has 0 spiro atoms. The van der Waals surface area contributed by atoms with Crippen LogP contribution in [-0.2, 0) is 0 Å². The molecule has 0 aromatic rings. The fourth-order valence-electron chi connectivity index (χ4n) is 1.27. The van der Waals surface area contributed by atoms with Crippen LogP contribution in [0.1, 0.15) is 13.3 Å². The van der Waals surface area contributed by atoms with Crippen LogP contribution in [0.15, 0.2) is 47.4 Å². The molecule has 0 heterocycles. The Bertz CT molecular complexity index is 308. The number of nitrogens with one attached hydrogen (secondary N) is 1. The molecule has 14 heavy (non-hydrogen) atoms. The van der Waals surface area contributed by atoms with Crippen LogP contribution >= 0.6 is 0 Å². The minimum atomic E-state index is -0.155. The zero-order chi connectivity index (χ0) is 10.4. The van der Waals surface area contributed by atoms with Crippen LogP contribution in [0.3, 0.4) is 0 Å². The summed E-state index contributed by atoms with van der Waals surface area (Å²) in [5.74, 6) is -0.155. The summed E-state index contributed by atoms with van der Waals surface area (Å²) in [6.07, 6.45) is 9.70. The second kappa shape index (κ2) is 5.55. The average Bonchev–Trinajstić information content (AvgIpc) is 2.39. The van der Waals surface area contributed by atoms with Crippen LogP contribution < -0.4 is 5.32 Å². The van der Waals surface area contributed by atoms with E-state index < -0.39 is 0 Å². The van der Waals surface area contributed by atoms with E-state index in [2.05, 4.69) is 11.4 Å². The first-order chi connectivity index (χ1) is 6.74. The summed E-state index contributed by atoms with van der Waals surface area (Å²) in [4.78, 5) is 0. The largest absolute Gasteiger partial charge is 0.316 e. The first kappa shape index (κ1) is 10.9. The Morgan fingerprint density at radius 3 is 3.00 bits per heavy atom. The molecule has 1 aliphatic carbocycles. The Kier molecular flexibility index (Phi) is 4.33. The van der Waals surface area contributed by atoms with Crippen LogP contribution in [0, 0.1) is 0 Å². The first-order valence-electron chi connectivity index (χ1n) is 4.79. The fraction of sp³-hybridized carbons (Fsp3) is 0.333. The molecule has 0 amide bonds. The van der Waals surface area contributed by atoms with Crippen molar-refractivity contribution in [2.75, 3.05) is 13.6 Å². The molecule has 0 aromatic heterocycles. The Morgan fingerprint density at radius 1 is 1.50 bits per heavy atom. The van der Waals surface area contributed by atoms with E-state index in [1.807, 2.05) is 26.1 Å².